The average Bonchev–Trinajstić information content (AvgIpc) is 2.56. The molecule has 0 bridgehead atoms. The van der Waals surface area contributed by atoms with Gasteiger partial charge in [-0.3, -0.25) is 4.99 Å². The van der Waals surface area contributed by atoms with Gasteiger partial charge in [0.2, 0.25) is 0 Å². The Labute approximate surface area is 128 Å². The fraction of sp³-hybridized carbons (Fsp3) is 0.235. The topological polar surface area (TPSA) is 60.3 Å². The summed E-state index contributed by atoms with van der Waals surface area (Å²) in [7, 11) is 0. The van der Waals surface area contributed by atoms with Crippen molar-refractivity contribution in [1.29, 1.82) is 0 Å². The Hall–Kier alpha value is -2.69. The van der Waals surface area contributed by atoms with Gasteiger partial charge in [0, 0.05) is 17.8 Å². The Morgan fingerprint density at radius 3 is 2.82 bits per heavy atom. The Kier molecular flexibility index (Phi) is 4.14. The van der Waals surface area contributed by atoms with Crippen molar-refractivity contribution in [2.75, 3.05) is 19.8 Å². The third kappa shape index (κ3) is 2.98. The van der Waals surface area contributed by atoms with E-state index in [0.29, 0.717) is 36.9 Å². The number of hydrogen-bond donors (Lipinski definition) is 1. The zero-order valence-corrected chi connectivity index (χ0v) is 12.3. The molecular weight excluding hydrogens is 282 g/mol. The number of aromatic hydroxyl groups is 1. The van der Waals surface area contributed by atoms with Gasteiger partial charge in [-0.25, -0.2) is 0 Å². The van der Waals surface area contributed by atoms with Crippen molar-refractivity contribution < 1.29 is 19.3 Å². The van der Waals surface area contributed by atoms with Gasteiger partial charge in [-0.05, 0) is 31.2 Å². The number of phenolic OH excluding ortho intramolecular Hbond substituents is 1. The summed E-state index contributed by atoms with van der Waals surface area (Å²) in [5.74, 6) is 1.96. The second-order valence-corrected chi connectivity index (χ2v) is 4.71. The molecule has 0 unspecified atom stereocenters. The lowest BCUT2D eigenvalue weighted by Crippen LogP contribution is -2.14. The normalized spacial score (nSPS) is 13.3. The molecule has 3 rings (SSSR count). The maximum Gasteiger partial charge on any atom is 0.166 e. The van der Waals surface area contributed by atoms with Crippen LogP contribution in [0.15, 0.2) is 41.4 Å². The highest BCUT2D eigenvalue weighted by molar-refractivity contribution is 5.86. The van der Waals surface area contributed by atoms with Gasteiger partial charge in [-0.2, -0.15) is 0 Å². The summed E-state index contributed by atoms with van der Waals surface area (Å²) in [6, 6.07) is 10.8. The average molecular weight is 299 g/mol. The molecule has 1 heterocycles. The fourth-order valence-electron chi connectivity index (χ4n) is 2.17. The first-order chi connectivity index (χ1) is 10.8. The van der Waals surface area contributed by atoms with E-state index in [9.17, 15) is 5.11 Å². The smallest absolute Gasteiger partial charge is 0.166 e. The summed E-state index contributed by atoms with van der Waals surface area (Å²) < 4.78 is 16.3. The van der Waals surface area contributed by atoms with Gasteiger partial charge in [0.05, 0.1) is 12.3 Å². The molecule has 0 aromatic heterocycles. The molecule has 114 valence electrons. The van der Waals surface area contributed by atoms with E-state index in [1.54, 1.807) is 18.3 Å². The number of ether oxygens (including phenoxy) is 3. The van der Waals surface area contributed by atoms with Crippen molar-refractivity contribution in [2.45, 2.75) is 6.92 Å². The first kappa shape index (κ1) is 14.3. The third-order valence-corrected chi connectivity index (χ3v) is 3.21. The van der Waals surface area contributed by atoms with Crippen molar-refractivity contribution >= 4 is 11.9 Å². The Bertz CT molecular complexity index is 697. The van der Waals surface area contributed by atoms with Gasteiger partial charge < -0.3 is 19.3 Å². The lowest BCUT2D eigenvalue weighted by molar-refractivity contribution is 0.171. The summed E-state index contributed by atoms with van der Waals surface area (Å²) >= 11 is 0. The van der Waals surface area contributed by atoms with Crippen LogP contribution in [-0.4, -0.2) is 31.1 Å². The van der Waals surface area contributed by atoms with Crippen molar-refractivity contribution in [2.24, 2.45) is 4.99 Å². The molecule has 0 radical (unpaired) electrons. The number of fused-ring (bicyclic) bond motifs is 1. The van der Waals surface area contributed by atoms with Crippen LogP contribution in [0, 0.1) is 0 Å². The Balaban J connectivity index is 1.83. The van der Waals surface area contributed by atoms with E-state index in [-0.39, 0.29) is 5.75 Å². The van der Waals surface area contributed by atoms with Crippen LogP contribution in [0.4, 0.5) is 5.69 Å². The molecule has 0 amide bonds. The zero-order chi connectivity index (χ0) is 15.4. The molecule has 0 atom stereocenters. The van der Waals surface area contributed by atoms with Crippen LogP contribution in [-0.2, 0) is 0 Å². The standard InChI is InChI=1S/C17H17NO4/c1-2-20-15-5-3-4-12(17(15)19)11-18-13-6-7-14-16(10-13)22-9-8-21-14/h3-7,10-11,19H,2,8-9H2,1H3. The van der Waals surface area contributed by atoms with Crippen molar-refractivity contribution in [3.8, 4) is 23.0 Å². The van der Waals surface area contributed by atoms with E-state index in [1.165, 1.54) is 0 Å². The van der Waals surface area contributed by atoms with Crippen molar-refractivity contribution in [3.05, 3.63) is 42.0 Å². The van der Waals surface area contributed by atoms with Crippen LogP contribution >= 0.6 is 0 Å². The maximum atomic E-state index is 10.1. The van der Waals surface area contributed by atoms with Crippen molar-refractivity contribution in [3.63, 3.8) is 0 Å². The van der Waals surface area contributed by atoms with Crippen molar-refractivity contribution in [1.82, 2.24) is 0 Å². The second kappa shape index (κ2) is 6.39. The molecule has 0 fully saturated rings. The minimum atomic E-state index is 0.0886. The van der Waals surface area contributed by atoms with E-state index in [2.05, 4.69) is 4.99 Å². The number of aliphatic imine (C=N–C) groups is 1. The molecule has 2 aromatic carbocycles. The molecule has 0 spiro atoms. The van der Waals surface area contributed by atoms with E-state index in [0.717, 1.165) is 11.4 Å². The SMILES string of the molecule is CCOc1cccc(C=Nc2ccc3c(c2)OCCO3)c1O. The monoisotopic (exact) mass is 299 g/mol. The summed E-state index contributed by atoms with van der Waals surface area (Å²) in [5, 5.41) is 10.1. The Morgan fingerprint density at radius 2 is 2.00 bits per heavy atom. The second-order valence-electron chi connectivity index (χ2n) is 4.71. The molecule has 1 N–H and O–H groups in total. The first-order valence-corrected chi connectivity index (χ1v) is 7.16. The highest BCUT2D eigenvalue weighted by Crippen LogP contribution is 2.34. The molecule has 1 aliphatic rings. The lowest BCUT2D eigenvalue weighted by Gasteiger charge is -2.18. The fourth-order valence-corrected chi connectivity index (χ4v) is 2.17. The first-order valence-electron chi connectivity index (χ1n) is 7.16. The molecule has 5 heteroatoms. The number of benzene rings is 2. The van der Waals surface area contributed by atoms with E-state index in [4.69, 9.17) is 14.2 Å². The van der Waals surface area contributed by atoms with Crippen LogP contribution in [0.5, 0.6) is 23.0 Å². The van der Waals surface area contributed by atoms with Crippen LogP contribution in [0.1, 0.15) is 12.5 Å². The van der Waals surface area contributed by atoms with Gasteiger partial charge in [0.1, 0.15) is 13.2 Å². The lowest BCUT2D eigenvalue weighted by atomic mass is 10.2. The van der Waals surface area contributed by atoms with E-state index >= 15 is 0 Å². The molecule has 22 heavy (non-hydrogen) atoms. The molecular formula is C17H17NO4. The van der Waals surface area contributed by atoms with Crippen LogP contribution in [0.3, 0.4) is 0 Å². The number of nitrogens with zero attached hydrogens (tertiary/aromatic N) is 1. The van der Waals surface area contributed by atoms with Crippen LogP contribution < -0.4 is 14.2 Å². The minimum absolute atomic E-state index is 0.0886. The molecule has 0 saturated carbocycles. The number of rotatable bonds is 4. The van der Waals surface area contributed by atoms with Gasteiger partial charge in [0.15, 0.2) is 23.0 Å². The highest BCUT2D eigenvalue weighted by Gasteiger charge is 2.11. The van der Waals surface area contributed by atoms with E-state index < -0.39 is 0 Å². The third-order valence-electron chi connectivity index (χ3n) is 3.21. The largest absolute Gasteiger partial charge is 0.504 e. The summed E-state index contributed by atoms with van der Waals surface area (Å²) in [6.45, 7) is 3.47. The van der Waals surface area contributed by atoms with Gasteiger partial charge in [0.25, 0.3) is 0 Å². The van der Waals surface area contributed by atoms with Gasteiger partial charge in [-0.15, -0.1) is 0 Å². The molecule has 5 nitrogen and oxygen atoms in total. The van der Waals surface area contributed by atoms with Gasteiger partial charge in [-0.1, -0.05) is 6.07 Å². The summed E-state index contributed by atoms with van der Waals surface area (Å²) in [4.78, 5) is 4.37. The molecule has 2 aromatic rings. The quantitative estimate of drug-likeness (QED) is 0.880. The van der Waals surface area contributed by atoms with Gasteiger partial charge >= 0.3 is 0 Å². The van der Waals surface area contributed by atoms with E-state index in [1.807, 2.05) is 31.2 Å². The predicted molar refractivity (Wildman–Crippen MR) is 84.0 cm³/mol. The number of para-hydroxylation sites is 1. The Morgan fingerprint density at radius 1 is 1.18 bits per heavy atom. The zero-order valence-electron chi connectivity index (χ0n) is 12.3. The van der Waals surface area contributed by atoms with Crippen LogP contribution in [0.2, 0.25) is 0 Å². The van der Waals surface area contributed by atoms with Crippen LogP contribution in [0.25, 0.3) is 0 Å². The highest BCUT2D eigenvalue weighted by atomic mass is 16.6. The summed E-state index contributed by atoms with van der Waals surface area (Å²) in [5.41, 5.74) is 1.33. The predicted octanol–water partition coefficient (Wildman–Crippen LogP) is 3.31. The number of hydrogen-bond acceptors (Lipinski definition) is 5. The molecule has 0 aliphatic carbocycles. The number of phenols is 1. The summed E-state index contributed by atoms with van der Waals surface area (Å²) in [6.07, 6.45) is 1.60. The maximum absolute atomic E-state index is 10.1. The minimum Gasteiger partial charge on any atom is -0.504 e. The molecule has 0 saturated heterocycles. The molecule has 1 aliphatic heterocycles.